The standard InChI is InChI=1S/C18H16N2O3S/c21-17-4-1-2-9-20(17)10-3-11-23-18(22)15-7-5-14(6-8-15)16-12-24-13-19-16/h1-2,4-9,12-13H,3,10-11H2. The smallest absolute Gasteiger partial charge is 0.338 e. The Kier molecular flexibility index (Phi) is 5.18. The van der Waals surface area contributed by atoms with E-state index in [1.807, 2.05) is 17.5 Å². The van der Waals surface area contributed by atoms with Crippen LogP contribution in [0, 0.1) is 0 Å². The van der Waals surface area contributed by atoms with Crippen molar-refractivity contribution in [1.29, 1.82) is 0 Å². The highest BCUT2D eigenvalue weighted by molar-refractivity contribution is 7.07. The van der Waals surface area contributed by atoms with Crippen LogP contribution in [0.4, 0.5) is 0 Å². The topological polar surface area (TPSA) is 61.2 Å². The summed E-state index contributed by atoms with van der Waals surface area (Å²) in [5.41, 5.74) is 4.09. The molecule has 6 heteroatoms. The van der Waals surface area contributed by atoms with Crippen molar-refractivity contribution in [3.8, 4) is 11.3 Å². The van der Waals surface area contributed by atoms with Crippen molar-refractivity contribution < 1.29 is 9.53 Å². The molecule has 0 atom stereocenters. The van der Waals surface area contributed by atoms with Gasteiger partial charge in [-0.15, -0.1) is 11.3 Å². The van der Waals surface area contributed by atoms with E-state index in [1.54, 1.807) is 40.5 Å². The van der Waals surface area contributed by atoms with Gasteiger partial charge in [0, 0.05) is 29.8 Å². The van der Waals surface area contributed by atoms with Gasteiger partial charge in [0.2, 0.25) is 5.56 Å². The zero-order valence-electron chi connectivity index (χ0n) is 12.9. The summed E-state index contributed by atoms with van der Waals surface area (Å²) in [6, 6.07) is 12.2. The second kappa shape index (κ2) is 7.70. The highest BCUT2D eigenvalue weighted by Gasteiger charge is 2.08. The summed E-state index contributed by atoms with van der Waals surface area (Å²) in [7, 11) is 0. The Morgan fingerprint density at radius 1 is 1.17 bits per heavy atom. The van der Waals surface area contributed by atoms with E-state index in [0.717, 1.165) is 11.3 Å². The minimum Gasteiger partial charge on any atom is -0.462 e. The van der Waals surface area contributed by atoms with Crippen molar-refractivity contribution in [3.63, 3.8) is 0 Å². The lowest BCUT2D eigenvalue weighted by molar-refractivity contribution is 0.0495. The van der Waals surface area contributed by atoms with Gasteiger partial charge in [-0.25, -0.2) is 9.78 Å². The highest BCUT2D eigenvalue weighted by atomic mass is 32.1. The summed E-state index contributed by atoms with van der Waals surface area (Å²) in [6.45, 7) is 0.795. The third kappa shape index (κ3) is 3.97. The Morgan fingerprint density at radius 3 is 2.71 bits per heavy atom. The summed E-state index contributed by atoms with van der Waals surface area (Å²) < 4.78 is 6.85. The van der Waals surface area contributed by atoms with E-state index < -0.39 is 0 Å². The number of carbonyl (C=O) groups is 1. The average molecular weight is 340 g/mol. The predicted molar refractivity (Wildman–Crippen MR) is 93.2 cm³/mol. The van der Waals surface area contributed by atoms with Gasteiger partial charge in [-0.1, -0.05) is 18.2 Å². The quantitative estimate of drug-likeness (QED) is 0.511. The van der Waals surface area contributed by atoms with Crippen LogP contribution < -0.4 is 5.56 Å². The SMILES string of the molecule is O=C(OCCCn1ccccc1=O)c1ccc(-c2cscn2)cc1. The number of benzene rings is 1. The molecule has 1 aromatic carbocycles. The molecule has 0 unspecified atom stereocenters. The Morgan fingerprint density at radius 2 is 2.00 bits per heavy atom. The van der Waals surface area contributed by atoms with E-state index in [4.69, 9.17) is 4.74 Å². The number of hydrogen-bond donors (Lipinski definition) is 0. The second-order valence-corrected chi connectivity index (χ2v) is 5.89. The van der Waals surface area contributed by atoms with Gasteiger partial charge < -0.3 is 9.30 Å². The van der Waals surface area contributed by atoms with Gasteiger partial charge >= 0.3 is 5.97 Å². The molecule has 0 fully saturated rings. The fraction of sp³-hybridized carbons (Fsp3) is 0.167. The van der Waals surface area contributed by atoms with Crippen molar-refractivity contribution in [1.82, 2.24) is 9.55 Å². The van der Waals surface area contributed by atoms with Crippen LogP contribution in [-0.4, -0.2) is 22.1 Å². The lowest BCUT2D eigenvalue weighted by atomic mass is 10.1. The van der Waals surface area contributed by atoms with Crippen molar-refractivity contribution in [3.05, 3.63) is 75.5 Å². The third-order valence-electron chi connectivity index (χ3n) is 3.52. The molecule has 2 aromatic heterocycles. The van der Waals surface area contributed by atoms with Crippen LogP contribution in [-0.2, 0) is 11.3 Å². The maximum Gasteiger partial charge on any atom is 0.338 e. The number of nitrogens with zero attached hydrogens (tertiary/aromatic N) is 2. The average Bonchev–Trinajstić information content (AvgIpc) is 3.15. The van der Waals surface area contributed by atoms with Crippen molar-refractivity contribution in [2.45, 2.75) is 13.0 Å². The third-order valence-corrected chi connectivity index (χ3v) is 4.11. The number of thiazole rings is 1. The molecule has 0 bridgehead atoms. The summed E-state index contributed by atoms with van der Waals surface area (Å²) in [6.07, 6.45) is 2.31. The molecule has 3 aromatic rings. The van der Waals surface area contributed by atoms with Gasteiger partial charge in [0.05, 0.1) is 23.4 Å². The normalized spacial score (nSPS) is 10.5. The zero-order chi connectivity index (χ0) is 16.8. The van der Waals surface area contributed by atoms with Gasteiger partial charge in [0.25, 0.3) is 0 Å². The molecule has 5 nitrogen and oxygen atoms in total. The minimum atomic E-state index is -0.361. The molecule has 0 aliphatic heterocycles. The molecule has 0 aliphatic rings. The number of rotatable bonds is 6. The summed E-state index contributed by atoms with van der Waals surface area (Å²) in [4.78, 5) is 27.8. The van der Waals surface area contributed by atoms with E-state index >= 15 is 0 Å². The maximum atomic E-state index is 12.0. The summed E-state index contributed by atoms with van der Waals surface area (Å²) in [5, 5.41) is 1.96. The first-order valence-corrected chi connectivity index (χ1v) is 8.49. The molecule has 0 N–H and O–H groups in total. The maximum absolute atomic E-state index is 12.0. The first-order valence-electron chi connectivity index (χ1n) is 7.55. The van der Waals surface area contributed by atoms with E-state index in [9.17, 15) is 9.59 Å². The van der Waals surface area contributed by atoms with Crippen LogP contribution in [0.5, 0.6) is 0 Å². The number of carbonyl (C=O) groups excluding carboxylic acids is 1. The van der Waals surface area contributed by atoms with Crippen LogP contribution in [0.25, 0.3) is 11.3 Å². The fourth-order valence-electron chi connectivity index (χ4n) is 2.26. The van der Waals surface area contributed by atoms with Crippen molar-refractivity contribution in [2.75, 3.05) is 6.61 Å². The molecule has 0 aliphatic carbocycles. The highest BCUT2D eigenvalue weighted by Crippen LogP contribution is 2.19. The summed E-state index contributed by atoms with van der Waals surface area (Å²) >= 11 is 1.53. The van der Waals surface area contributed by atoms with Crippen LogP contribution in [0.15, 0.2) is 64.3 Å². The van der Waals surface area contributed by atoms with E-state index in [2.05, 4.69) is 4.98 Å². The number of aryl methyl sites for hydroxylation is 1. The lowest BCUT2D eigenvalue weighted by Crippen LogP contribution is -2.19. The first-order chi connectivity index (χ1) is 11.7. The number of pyridine rings is 1. The van der Waals surface area contributed by atoms with Gasteiger partial charge in [-0.2, -0.15) is 0 Å². The number of ether oxygens (including phenoxy) is 1. The number of aromatic nitrogens is 2. The monoisotopic (exact) mass is 340 g/mol. The molecular weight excluding hydrogens is 324 g/mol. The molecule has 24 heavy (non-hydrogen) atoms. The first kappa shape index (κ1) is 16.1. The molecule has 0 saturated carbocycles. The van der Waals surface area contributed by atoms with Crippen LogP contribution in [0.1, 0.15) is 16.8 Å². The molecular formula is C18H16N2O3S. The Balaban J connectivity index is 1.50. The van der Waals surface area contributed by atoms with Gasteiger partial charge in [0.15, 0.2) is 0 Å². The van der Waals surface area contributed by atoms with Gasteiger partial charge in [-0.05, 0) is 24.6 Å². The predicted octanol–water partition coefficient (Wildman–Crippen LogP) is 3.22. The van der Waals surface area contributed by atoms with Crippen LogP contribution in [0.2, 0.25) is 0 Å². The molecule has 2 heterocycles. The van der Waals surface area contributed by atoms with Crippen molar-refractivity contribution in [2.24, 2.45) is 0 Å². The summed E-state index contributed by atoms with van der Waals surface area (Å²) in [5.74, 6) is -0.361. The molecule has 3 rings (SSSR count). The van der Waals surface area contributed by atoms with Crippen LogP contribution >= 0.6 is 11.3 Å². The Hall–Kier alpha value is -2.73. The van der Waals surface area contributed by atoms with Crippen LogP contribution in [0.3, 0.4) is 0 Å². The second-order valence-electron chi connectivity index (χ2n) is 5.17. The Labute approximate surface area is 143 Å². The fourth-order valence-corrected chi connectivity index (χ4v) is 2.82. The largest absolute Gasteiger partial charge is 0.462 e. The number of esters is 1. The van der Waals surface area contributed by atoms with Gasteiger partial charge in [-0.3, -0.25) is 4.79 Å². The van der Waals surface area contributed by atoms with E-state index in [1.165, 1.54) is 17.4 Å². The molecule has 0 amide bonds. The molecule has 122 valence electrons. The van der Waals surface area contributed by atoms with E-state index in [-0.39, 0.29) is 18.1 Å². The zero-order valence-corrected chi connectivity index (χ0v) is 13.7. The van der Waals surface area contributed by atoms with E-state index in [0.29, 0.717) is 18.5 Å². The minimum absolute atomic E-state index is 0.0542. The molecule has 0 spiro atoms. The molecule has 0 radical (unpaired) electrons. The lowest BCUT2D eigenvalue weighted by Gasteiger charge is -2.07. The molecule has 0 saturated heterocycles. The van der Waals surface area contributed by atoms with Gasteiger partial charge in [0.1, 0.15) is 0 Å². The van der Waals surface area contributed by atoms with Crippen molar-refractivity contribution >= 4 is 17.3 Å². The number of hydrogen-bond acceptors (Lipinski definition) is 5. The Bertz CT molecular complexity index is 854.